The van der Waals surface area contributed by atoms with E-state index in [9.17, 15) is 0 Å². The third-order valence-corrected chi connectivity index (χ3v) is 5.79. The number of aryl methyl sites for hydroxylation is 1. The van der Waals surface area contributed by atoms with Crippen LogP contribution in [0, 0.1) is 13.1 Å². The highest BCUT2D eigenvalue weighted by molar-refractivity contribution is 7.19. The zero-order valence-corrected chi connectivity index (χ0v) is 13.6. The highest BCUT2D eigenvalue weighted by Gasteiger charge is 2.24. The summed E-state index contributed by atoms with van der Waals surface area (Å²) in [5, 5.41) is 1.10. The molecule has 0 amide bonds. The lowest BCUT2D eigenvalue weighted by atomic mass is 9.85. The molecular formula is C19H19N2S. The highest BCUT2D eigenvalue weighted by Crippen LogP contribution is 2.45. The van der Waals surface area contributed by atoms with Crippen molar-refractivity contribution in [2.45, 2.75) is 44.9 Å². The second-order valence-electron chi connectivity index (χ2n) is 6.11. The molecular weight excluding hydrogens is 288 g/mol. The second-order valence-corrected chi connectivity index (χ2v) is 7.14. The average Bonchev–Trinajstić information content (AvgIpc) is 2.95. The second kappa shape index (κ2) is 5.81. The van der Waals surface area contributed by atoms with Gasteiger partial charge in [0.2, 0.25) is 0 Å². The molecule has 2 heterocycles. The minimum atomic E-state index is 0.678. The minimum Gasteiger partial charge on any atom is -0.231 e. The Hall–Kier alpha value is -1.74. The first-order valence-corrected chi connectivity index (χ1v) is 8.89. The average molecular weight is 307 g/mol. The van der Waals surface area contributed by atoms with Crippen LogP contribution in [0.3, 0.4) is 0 Å². The van der Waals surface area contributed by atoms with Gasteiger partial charge in [-0.2, -0.15) is 0 Å². The summed E-state index contributed by atoms with van der Waals surface area (Å²) < 4.78 is 0. The predicted octanol–water partition coefficient (Wildman–Crippen LogP) is 5.51. The molecule has 3 aromatic rings. The van der Waals surface area contributed by atoms with Crippen molar-refractivity contribution >= 4 is 21.6 Å². The van der Waals surface area contributed by atoms with Gasteiger partial charge in [0, 0.05) is 15.8 Å². The number of hydrogen-bond acceptors (Lipinski definition) is 3. The first-order valence-electron chi connectivity index (χ1n) is 8.07. The van der Waals surface area contributed by atoms with Gasteiger partial charge in [-0.25, -0.2) is 9.97 Å². The molecule has 0 bridgehead atoms. The molecule has 2 nitrogen and oxygen atoms in total. The van der Waals surface area contributed by atoms with E-state index in [2.05, 4.69) is 46.5 Å². The van der Waals surface area contributed by atoms with E-state index in [0.29, 0.717) is 5.92 Å². The van der Waals surface area contributed by atoms with Crippen LogP contribution in [0.15, 0.2) is 30.3 Å². The molecule has 4 rings (SSSR count). The van der Waals surface area contributed by atoms with Gasteiger partial charge in [-0.1, -0.05) is 49.6 Å². The highest BCUT2D eigenvalue weighted by atomic mass is 32.1. The fraction of sp³-hybridized carbons (Fsp3) is 0.368. The number of thiophene rings is 1. The van der Waals surface area contributed by atoms with Gasteiger partial charge in [0.05, 0.1) is 0 Å². The zero-order chi connectivity index (χ0) is 14.9. The number of fused-ring (bicyclic) bond motifs is 1. The SMILES string of the molecule is Cc1n[c]c2c(-c3ccccc3)c(C3CCCCC3)sc2n1. The number of aromatic nitrogens is 2. The monoisotopic (exact) mass is 307 g/mol. The first kappa shape index (κ1) is 13.9. The van der Waals surface area contributed by atoms with Crippen molar-refractivity contribution in [3.63, 3.8) is 0 Å². The van der Waals surface area contributed by atoms with Crippen molar-refractivity contribution in [1.82, 2.24) is 9.97 Å². The number of nitrogens with zero attached hydrogens (tertiary/aromatic N) is 2. The third kappa shape index (κ3) is 2.44. The lowest BCUT2D eigenvalue weighted by Gasteiger charge is -2.21. The van der Waals surface area contributed by atoms with Gasteiger partial charge in [-0.05, 0) is 31.2 Å². The van der Waals surface area contributed by atoms with Crippen LogP contribution < -0.4 is 0 Å². The van der Waals surface area contributed by atoms with Crippen molar-refractivity contribution < 1.29 is 0 Å². The Labute approximate surface area is 135 Å². The molecule has 1 aliphatic carbocycles. The van der Waals surface area contributed by atoms with Crippen molar-refractivity contribution in [1.29, 1.82) is 0 Å². The Kier molecular flexibility index (Phi) is 3.67. The molecule has 1 aromatic carbocycles. The molecule has 0 unspecified atom stereocenters. The van der Waals surface area contributed by atoms with E-state index in [4.69, 9.17) is 0 Å². The largest absolute Gasteiger partial charge is 0.231 e. The van der Waals surface area contributed by atoms with Crippen molar-refractivity contribution in [3.05, 3.63) is 47.2 Å². The Bertz CT molecular complexity index is 786. The quantitative estimate of drug-likeness (QED) is 0.623. The van der Waals surface area contributed by atoms with Crippen LogP contribution in [-0.4, -0.2) is 9.97 Å². The summed E-state index contributed by atoms with van der Waals surface area (Å²) in [4.78, 5) is 11.6. The number of hydrogen-bond donors (Lipinski definition) is 0. The Balaban J connectivity index is 1.94. The summed E-state index contributed by atoms with van der Waals surface area (Å²) in [6.45, 7) is 1.94. The van der Waals surface area contributed by atoms with Gasteiger partial charge < -0.3 is 0 Å². The number of rotatable bonds is 2. The molecule has 0 atom stereocenters. The lowest BCUT2D eigenvalue weighted by molar-refractivity contribution is 0.449. The molecule has 2 aromatic heterocycles. The van der Waals surface area contributed by atoms with Crippen LogP contribution in [0.25, 0.3) is 21.3 Å². The van der Waals surface area contributed by atoms with E-state index in [1.54, 1.807) is 0 Å². The molecule has 1 fully saturated rings. The third-order valence-electron chi connectivity index (χ3n) is 4.55. The maximum Gasteiger partial charge on any atom is 0.128 e. The van der Waals surface area contributed by atoms with Gasteiger partial charge in [0.1, 0.15) is 16.9 Å². The van der Waals surface area contributed by atoms with Crippen molar-refractivity contribution in [3.8, 4) is 11.1 Å². The fourth-order valence-corrected chi connectivity index (χ4v) is 4.83. The standard InChI is InChI=1S/C19H19N2S/c1-13-20-12-16-17(14-8-4-2-5-9-14)18(22-19(16)21-13)15-10-6-3-7-11-15/h2,4-5,8-9,15H,3,6-7,10-11H2,1H3. The molecule has 1 aliphatic rings. The van der Waals surface area contributed by atoms with Gasteiger partial charge >= 0.3 is 0 Å². The van der Waals surface area contributed by atoms with Crippen LogP contribution in [0.1, 0.15) is 48.7 Å². The van der Waals surface area contributed by atoms with E-state index >= 15 is 0 Å². The molecule has 3 heteroatoms. The molecule has 0 aliphatic heterocycles. The maximum absolute atomic E-state index is 4.65. The Morgan fingerprint density at radius 1 is 1.09 bits per heavy atom. The van der Waals surface area contributed by atoms with Crippen LogP contribution in [0.5, 0.6) is 0 Å². The van der Waals surface area contributed by atoms with Crippen LogP contribution >= 0.6 is 11.3 Å². The van der Waals surface area contributed by atoms with E-state index in [-0.39, 0.29) is 0 Å². The van der Waals surface area contributed by atoms with Gasteiger partial charge in [-0.15, -0.1) is 11.3 Å². The molecule has 0 saturated heterocycles. The normalized spacial score (nSPS) is 16.2. The molecule has 1 saturated carbocycles. The molecule has 22 heavy (non-hydrogen) atoms. The van der Waals surface area contributed by atoms with Gasteiger partial charge in [0.15, 0.2) is 0 Å². The van der Waals surface area contributed by atoms with E-state index in [1.165, 1.54) is 48.1 Å². The van der Waals surface area contributed by atoms with E-state index < -0.39 is 0 Å². The molecule has 111 valence electrons. The summed E-state index contributed by atoms with van der Waals surface area (Å²) >= 11 is 1.86. The predicted molar refractivity (Wildman–Crippen MR) is 92.3 cm³/mol. The smallest absolute Gasteiger partial charge is 0.128 e. The molecule has 1 radical (unpaired) electrons. The van der Waals surface area contributed by atoms with Crippen LogP contribution in [0.2, 0.25) is 0 Å². The molecule has 0 spiro atoms. The van der Waals surface area contributed by atoms with E-state index in [0.717, 1.165) is 16.0 Å². The Morgan fingerprint density at radius 2 is 1.86 bits per heavy atom. The summed E-state index contributed by atoms with van der Waals surface area (Å²) in [6.07, 6.45) is 9.93. The van der Waals surface area contributed by atoms with E-state index in [1.807, 2.05) is 18.3 Å². The van der Waals surface area contributed by atoms with Crippen molar-refractivity contribution in [2.75, 3.05) is 0 Å². The lowest BCUT2D eigenvalue weighted by Crippen LogP contribution is -2.03. The zero-order valence-electron chi connectivity index (χ0n) is 12.8. The summed E-state index contributed by atoms with van der Waals surface area (Å²) in [7, 11) is 0. The summed E-state index contributed by atoms with van der Waals surface area (Å²) in [5.41, 5.74) is 2.60. The van der Waals surface area contributed by atoms with Crippen LogP contribution in [0.4, 0.5) is 0 Å². The maximum atomic E-state index is 4.65. The minimum absolute atomic E-state index is 0.678. The Morgan fingerprint density at radius 3 is 2.64 bits per heavy atom. The topological polar surface area (TPSA) is 25.8 Å². The van der Waals surface area contributed by atoms with Gasteiger partial charge in [-0.3, -0.25) is 0 Å². The van der Waals surface area contributed by atoms with Gasteiger partial charge in [0.25, 0.3) is 0 Å². The first-order chi connectivity index (χ1) is 10.8. The fourth-order valence-electron chi connectivity index (χ4n) is 3.47. The number of benzene rings is 1. The summed E-state index contributed by atoms with van der Waals surface area (Å²) in [6, 6.07) is 10.7. The molecule has 0 N–H and O–H groups in total. The van der Waals surface area contributed by atoms with Crippen LogP contribution in [-0.2, 0) is 0 Å². The summed E-state index contributed by atoms with van der Waals surface area (Å²) in [5.74, 6) is 1.49. The van der Waals surface area contributed by atoms with Crippen molar-refractivity contribution in [2.24, 2.45) is 0 Å².